The average Bonchev–Trinajstić information content (AvgIpc) is 3.57. The molecule has 45 heavy (non-hydrogen) atoms. The number of H-pyrrole nitrogens is 1. The van der Waals surface area contributed by atoms with Gasteiger partial charge in [-0.05, 0) is 79.7 Å². The Balaban J connectivity index is 1.38. The zero-order chi connectivity index (χ0) is 32.1. The van der Waals surface area contributed by atoms with Crippen molar-refractivity contribution in [2.24, 2.45) is 5.73 Å². The number of imidazole rings is 1. The summed E-state index contributed by atoms with van der Waals surface area (Å²) in [6.07, 6.45) is 9.02. The highest BCUT2D eigenvalue weighted by Crippen LogP contribution is 2.30. The lowest BCUT2D eigenvalue weighted by Crippen LogP contribution is -2.24. The molecule has 0 radical (unpaired) electrons. The summed E-state index contributed by atoms with van der Waals surface area (Å²) < 4.78 is 42.0. The number of anilines is 1. The lowest BCUT2D eigenvalue weighted by Gasteiger charge is -2.16. The number of rotatable bonds is 12. The molecule has 4 heterocycles. The number of pyridine rings is 2. The second-order valence-electron chi connectivity index (χ2n) is 11.7. The molecule has 0 unspecified atom stereocenters. The second kappa shape index (κ2) is 13.7. The van der Waals surface area contributed by atoms with Gasteiger partial charge in [-0.25, -0.2) is 18.2 Å². The number of halogens is 3. The van der Waals surface area contributed by atoms with Gasteiger partial charge in [0.2, 0.25) is 0 Å². The summed E-state index contributed by atoms with van der Waals surface area (Å²) in [6.45, 7) is 8.08. The molecule has 0 amide bonds. The van der Waals surface area contributed by atoms with Gasteiger partial charge < -0.3 is 20.9 Å². The molecule has 1 aliphatic rings. The fraction of sp³-hybridized carbons (Fsp3) is 0.324. The third-order valence-corrected chi connectivity index (χ3v) is 7.72. The summed E-state index contributed by atoms with van der Waals surface area (Å²) in [5.41, 5.74) is 13.3. The van der Waals surface area contributed by atoms with E-state index in [9.17, 15) is 13.2 Å². The van der Waals surface area contributed by atoms with Crippen LogP contribution >= 0.6 is 0 Å². The number of alkyl halides is 2. The summed E-state index contributed by atoms with van der Waals surface area (Å²) in [7, 11) is 3.97. The minimum Gasteiger partial charge on any atom is -0.399 e. The van der Waals surface area contributed by atoms with Gasteiger partial charge in [-0.3, -0.25) is 14.9 Å². The second-order valence-corrected chi connectivity index (χ2v) is 11.7. The number of nitrogens with two attached hydrogens (primary N) is 1. The Morgan fingerprint density at radius 1 is 1.22 bits per heavy atom. The van der Waals surface area contributed by atoms with E-state index in [1.54, 1.807) is 23.5 Å². The van der Waals surface area contributed by atoms with Crippen molar-refractivity contribution in [3.8, 4) is 11.3 Å². The Morgan fingerprint density at radius 2 is 2.04 bits per heavy atom. The van der Waals surface area contributed by atoms with Crippen LogP contribution in [0.2, 0.25) is 0 Å². The molecule has 1 aliphatic heterocycles. The maximum Gasteiger partial charge on any atom is 0.261 e. The summed E-state index contributed by atoms with van der Waals surface area (Å²) >= 11 is 0. The number of nitrogens with one attached hydrogen (secondary N) is 2. The number of aromatic amines is 1. The molecule has 5 rings (SSSR count). The molecule has 8 nitrogen and oxygen atoms in total. The normalized spacial score (nSPS) is 15.7. The van der Waals surface area contributed by atoms with Crippen LogP contribution in [0.4, 0.5) is 18.9 Å². The van der Waals surface area contributed by atoms with Gasteiger partial charge in [-0.2, -0.15) is 0 Å². The highest BCUT2D eigenvalue weighted by atomic mass is 19.3. The van der Waals surface area contributed by atoms with E-state index in [0.717, 1.165) is 28.8 Å². The zero-order valence-electron chi connectivity index (χ0n) is 25.9. The number of aromatic nitrogens is 4. The van der Waals surface area contributed by atoms with E-state index < -0.39 is 5.92 Å². The number of nitrogens with zero attached hydrogens (tertiary/aromatic N) is 5. The minimum atomic E-state index is -2.65. The van der Waals surface area contributed by atoms with E-state index >= 15 is 0 Å². The van der Waals surface area contributed by atoms with Gasteiger partial charge in [-0.15, -0.1) is 0 Å². The monoisotopic (exact) mass is 616 g/mol. The highest BCUT2D eigenvalue weighted by molar-refractivity contribution is 5.90. The molecular formula is C34H39F3N8. The maximum absolute atomic E-state index is 14.6. The predicted molar refractivity (Wildman–Crippen MR) is 174 cm³/mol. The molecule has 4 aromatic rings. The molecule has 0 spiro atoms. The molecule has 0 atom stereocenters. The van der Waals surface area contributed by atoms with Gasteiger partial charge in [0.05, 0.1) is 17.8 Å². The maximum atomic E-state index is 14.6. The number of likely N-dealkylation sites (tertiary alicyclic amines) is 1. The van der Waals surface area contributed by atoms with Gasteiger partial charge >= 0.3 is 0 Å². The fourth-order valence-corrected chi connectivity index (χ4v) is 5.38. The number of hydrogen-bond acceptors (Lipinski definition) is 7. The van der Waals surface area contributed by atoms with Gasteiger partial charge in [0.15, 0.2) is 0 Å². The fourth-order valence-electron chi connectivity index (χ4n) is 5.38. The molecule has 1 aromatic carbocycles. The SMILES string of the molecule is C=C(/C=C(Cc1nc2c(-c3cc(F)cc(NCCN(C)C)c3)nccc2[nH]1)\C(N)=C/C)c1cncc(CN2CCC(F)(F)C2)c1. The van der Waals surface area contributed by atoms with Crippen LogP contribution in [0.1, 0.15) is 30.3 Å². The lowest BCUT2D eigenvalue weighted by atomic mass is 10.0. The first kappa shape index (κ1) is 31.9. The number of likely N-dealkylation sites (N-methyl/N-ethyl adjacent to an activating group) is 1. The summed E-state index contributed by atoms with van der Waals surface area (Å²) in [5.74, 6) is -2.35. The van der Waals surface area contributed by atoms with E-state index in [1.165, 1.54) is 12.1 Å². The number of hydrogen-bond donors (Lipinski definition) is 3. The van der Waals surface area contributed by atoms with Crippen LogP contribution < -0.4 is 11.1 Å². The highest BCUT2D eigenvalue weighted by Gasteiger charge is 2.37. The Kier molecular flexibility index (Phi) is 9.69. The van der Waals surface area contributed by atoms with Crippen molar-refractivity contribution >= 4 is 22.3 Å². The van der Waals surface area contributed by atoms with Crippen molar-refractivity contribution in [3.05, 3.63) is 102 Å². The van der Waals surface area contributed by atoms with Crippen LogP contribution in [0.25, 0.3) is 27.9 Å². The van der Waals surface area contributed by atoms with Crippen molar-refractivity contribution in [1.29, 1.82) is 0 Å². The largest absolute Gasteiger partial charge is 0.399 e. The Labute approximate surface area is 261 Å². The minimum absolute atomic E-state index is 0.127. The van der Waals surface area contributed by atoms with Crippen LogP contribution in [0, 0.1) is 5.82 Å². The summed E-state index contributed by atoms with van der Waals surface area (Å²) in [4.78, 5) is 20.9. The van der Waals surface area contributed by atoms with Crippen molar-refractivity contribution in [2.75, 3.05) is 45.6 Å². The van der Waals surface area contributed by atoms with Gasteiger partial charge in [0.1, 0.15) is 17.2 Å². The first-order chi connectivity index (χ1) is 21.5. The number of allylic oxidation sites excluding steroid dienone is 4. The van der Waals surface area contributed by atoms with Crippen molar-refractivity contribution in [3.63, 3.8) is 0 Å². The molecule has 1 saturated heterocycles. The van der Waals surface area contributed by atoms with Crippen LogP contribution in [0.5, 0.6) is 0 Å². The molecule has 3 aromatic heterocycles. The topological polar surface area (TPSA) is 99.0 Å². The van der Waals surface area contributed by atoms with E-state index in [1.807, 2.05) is 51.4 Å². The zero-order valence-corrected chi connectivity index (χ0v) is 25.9. The van der Waals surface area contributed by atoms with Crippen LogP contribution in [0.15, 0.2) is 78.9 Å². The first-order valence-corrected chi connectivity index (χ1v) is 14.9. The lowest BCUT2D eigenvalue weighted by molar-refractivity contribution is 0.0115. The average molecular weight is 617 g/mol. The predicted octanol–water partition coefficient (Wildman–Crippen LogP) is 6.02. The van der Waals surface area contributed by atoms with Gasteiger partial charge in [0, 0.05) is 74.6 Å². The van der Waals surface area contributed by atoms with Gasteiger partial charge in [-0.1, -0.05) is 12.7 Å². The third kappa shape index (κ3) is 8.17. The Bertz CT molecular complexity index is 1740. The van der Waals surface area contributed by atoms with Crippen molar-refractivity contribution < 1.29 is 13.2 Å². The standard InChI is InChI=1S/C34H39F3N8/c1-5-29(38)24(12-22(2)26-13-23(18-39-19-26)20-45-10-7-34(36,37)21-45)16-31-42-30-6-8-41-32(33(30)43-31)25-14-27(35)17-28(15-25)40-9-11-44(3)4/h5-6,8,12-15,17-19,40H,2,7,9-11,16,20-21,38H2,1,3-4H3,(H,42,43)/b24-12-,29-5+. The van der Waals surface area contributed by atoms with Crippen LogP contribution in [-0.2, 0) is 13.0 Å². The molecule has 4 N–H and O–H groups in total. The molecule has 0 aliphatic carbocycles. The summed E-state index contributed by atoms with van der Waals surface area (Å²) in [5, 5.41) is 3.27. The van der Waals surface area contributed by atoms with E-state index in [2.05, 4.69) is 31.7 Å². The van der Waals surface area contributed by atoms with E-state index in [-0.39, 0.29) is 18.8 Å². The summed E-state index contributed by atoms with van der Waals surface area (Å²) in [6, 6.07) is 8.56. The van der Waals surface area contributed by atoms with E-state index in [0.29, 0.717) is 65.6 Å². The number of benzene rings is 1. The number of fused-ring (bicyclic) bond motifs is 1. The van der Waals surface area contributed by atoms with Crippen LogP contribution in [0.3, 0.4) is 0 Å². The van der Waals surface area contributed by atoms with Crippen molar-refractivity contribution in [2.45, 2.75) is 32.2 Å². The van der Waals surface area contributed by atoms with E-state index in [4.69, 9.17) is 10.7 Å². The van der Waals surface area contributed by atoms with Crippen molar-refractivity contribution in [1.82, 2.24) is 29.7 Å². The molecule has 236 valence electrons. The molecule has 11 heteroatoms. The third-order valence-electron chi connectivity index (χ3n) is 7.72. The first-order valence-electron chi connectivity index (χ1n) is 14.9. The Hall–Kier alpha value is -4.48. The molecular weight excluding hydrogens is 577 g/mol. The van der Waals surface area contributed by atoms with Gasteiger partial charge in [0.25, 0.3) is 5.92 Å². The smallest absolute Gasteiger partial charge is 0.261 e. The Morgan fingerprint density at radius 3 is 2.78 bits per heavy atom. The molecule has 1 fully saturated rings. The quantitative estimate of drug-likeness (QED) is 0.168. The molecule has 0 bridgehead atoms. The van der Waals surface area contributed by atoms with Crippen LogP contribution in [-0.4, -0.2) is 75.9 Å². The molecule has 0 saturated carbocycles.